The van der Waals surface area contributed by atoms with E-state index in [2.05, 4.69) is 38.1 Å². The standard InChI is InChI=1S/C22H23NO3S/c1-4-17-19(23-22(27-17)14-7-5-12(2)6-8-14)18-20(25)15-9-10-16(11-15)21(18)26-13(3)24/h5-8,15-16H,4,9-11H2,1-3H3/t15-,16+/m0/s1. The normalized spacial score (nSPS) is 21.7. The van der Waals surface area contributed by atoms with E-state index in [9.17, 15) is 9.59 Å². The van der Waals surface area contributed by atoms with Crippen molar-refractivity contribution in [3.05, 3.63) is 46.2 Å². The predicted molar refractivity (Wildman–Crippen MR) is 106 cm³/mol. The SMILES string of the molecule is CCc1sc(-c2ccc(C)cc2)nc1C1=C(OC(C)=O)[C@@H]2CC[C@@H](C2)C1=O. The van der Waals surface area contributed by atoms with Crippen LogP contribution in [0, 0.1) is 18.8 Å². The molecule has 0 spiro atoms. The van der Waals surface area contributed by atoms with Crippen molar-refractivity contribution in [2.45, 2.75) is 46.5 Å². The zero-order chi connectivity index (χ0) is 19.1. The quantitative estimate of drug-likeness (QED) is 0.703. The van der Waals surface area contributed by atoms with Crippen molar-refractivity contribution in [3.8, 4) is 10.6 Å². The highest BCUT2D eigenvalue weighted by Crippen LogP contribution is 2.48. The van der Waals surface area contributed by atoms with Gasteiger partial charge in [0.15, 0.2) is 5.78 Å². The van der Waals surface area contributed by atoms with Crippen molar-refractivity contribution in [2.24, 2.45) is 11.8 Å². The lowest BCUT2D eigenvalue weighted by atomic mass is 9.84. The second kappa shape index (κ2) is 7.04. The summed E-state index contributed by atoms with van der Waals surface area (Å²) in [6, 6.07) is 8.26. The van der Waals surface area contributed by atoms with Crippen LogP contribution in [-0.2, 0) is 20.7 Å². The van der Waals surface area contributed by atoms with Gasteiger partial charge in [-0.25, -0.2) is 4.98 Å². The molecule has 0 N–H and O–H groups in total. The van der Waals surface area contributed by atoms with Crippen molar-refractivity contribution in [1.29, 1.82) is 0 Å². The summed E-state index contributed by atoms with van der Waals surface area (Å²) in [5, 5.41) is 0.905. The van der Waals surface area contributed by atoms with Crippen LogP contribution >= 0.6 is 11.3 Å². The van der Waals surface area contributed by atoms with Crippen LogP contribution < -0.4 is 0 Å². The van der Waals surface area contributed by atoms with E-state index in [1.54, 1.807) is 11.3 Å². The lowest BCUT2D eigenvalue weighted by Crippen LogP contribution is -2.24. The first-order valence-electron chi connectivity index (χ1n) is 9.51. The smallest absolute Gasteiger partial charge is 0.307 e. The number of carbonyl (C=O) groups excluding carboxylic acids is 2. The Morgan fingerprint density at radius 3 is 2.59 bits per heavy atom. The second-order valence-electron chi connectivity index (χ2n) is 7.41. The van der Waals surface area contributed by atoms with Gasteiger partial charge in [0.25, 0.3) is 0 Å². The molecule has 2 atom stereocenters. The molecular weight excluding hydrogens is 358 g/mol. The summed E-state index contributed by atoms with van der Waals surface area (Å²) >= 11 is 1.62. The summed E-state index contributed by atoms with van der Waals surface area (Å²) in [6.45, 7) is 5.53. The molecule has 1 aromatic heterocycles. The van der Waals surface area contributed by atoms with E-state index in [0.29, 0.717) is 11.3 Å². The molecule has 2 aliphatic rings. The van der Waals surface area contributed by atoms with Gasteiger partial charge in [0.1, 0.15) is 10.8 Å². The summed E-state index contributed by atoms with van der Waals surface area (Å²) < 4.78 is 5.57. The summed E-state index contributed by atoms with van der Waals surface area (Å²) in [7, 11) is 0. The molecule has 1 fully saturated rings. The topological polar surface area (TPSA) is 56.3 Å². The molecule has 140 valence electrons. The molecule has 27 heavy (non-hydrogen) atoms. The van der Waals surface area contributed by atoms with Crippen molar-refractivity contribution in [1.82, 2.24) is 4.98 Å². The number of hydrogen-bond donors (Lipinski definition) is 0. The van der Waals surface area contributed by atoms with Crippen LogP contribution in [0.15, 0.2) is 30.0 Å². The van der Waals surface area contributed by atoms with E-state index >= 15 is 0 Å². The maximum absolute atomic E-state index is 13.1. The highest BCUT2D eigenvalue weighted by Gasteiger charge is 2.44. The van der Waals surface area contributed by atoms with E-state index in [1.165, 1.54) is 12.5 Å². The minimum Gasteiger partial charge on any atom is -0.430 e. The number of aromatic nitrogens is 1. The highest BCUT2D eigenvalue weighted by molar-refractivity contribution is 7.15. The van der Waals surface area contributed by atoms with Gasteiger partial charge in [0, 0.05) is 29.2 Å². The molecule has 1 saturated carbocycles. The van der Waals surface area contributed by atoms with Gasteiger partial charge in [-0.15, -0.1) is 11.3 Å². The molecule has 5 heteroatoms. The number of carbonyl (C=O) groups is 2. The number of Topliss-reactive ketones (excluding diaryl/α,β-unsaturated/α-hetero) is 1. The molecule has 4 rings (SSSR count). The third kappa shape index (κ3) is 3.25. The van der Waals surface area contributed by atoms with Crippen LogP contribution in [0.1, 0.15) is 49.2 Å². The molecule has 0 radical (unpaired) electrons. The fraction of sp³-hybridized carbons (Fsp3) is 0.409. The molecule has 2 aliphatic carbocycles. The number of hydrogen-bond acceptors (Lipinski definition) is 5. The van der Waals surface area contributed by atoms with Gasteiger partial charge in [0.2, 0.25) is 0 Å². The first-order chi connectivity index (χ1) is 13.0. The summed E-state index contributed by atoms with van der Waals surface area (Å²) in [5.74, 6) is 0.471. The fourth-order valence-electron chi connectivity index (χ4n) is 4.12. The Morgan fingerprint density at radius 2 is 1.93 bits per heavy atom. The molecule has 1 heterocycles. The van der Waals surface area contributed by atoms with Crippen LogP contribution in [0.25, 0.3) is 16.1 Å². The number of ketones is 1. The van der Waals surface area contributed by atoms with E-state index in [1.807, 2.05) is 0 Å². The Morgan fingerprint density at radius 1 is 1.22 bits per heavy atom. The minimum atomic E-state index is -0.368. The maximum atomic E-state index is 13.1. The van der Waals surface area contributed by atoms with Gasteiger partial charge in [0.05, 0.1) is 11.3 Å². The first kappa shape index (κ1) is 18.1. The largest absolute Gasteiger partial charge is 0.430 e. The van der Waals surface area contributed by atoms with Crippen LogP contribution in [0.4, 0.5) is 0 Å². The maximum Gasteiger partial charge on any atom is 0.307 e. The zero-order valence-corrected chi connectivity index (χ0v) is 16.7. The molecule has 0 saturated heterocycles. The number of allylic oxidation sites excluding steroid dienone is 2. The third-order valence-corrected chi connectivity index (χ3v) is 6.72. The van der Waals surface area contributed by atoms with E-state index < -0.39 is 0 Å². The zero-order valence-electron chi connectivity index (χ0n) is 15.9. The van der Waals surface area contributed by atoms with Crippen LogP contribution in [0.3, 0.4) is 0 Å². The number of benzene rings is 1. The molecule has 2 aromatic rings. The number of thiazole rings is 1. The average Bonchev–Trinajstić information content (AvgIpc) is 3.26. The van der Waals surface area contributed by atoms with Crippen molar-refractivity contribution < 1.29 is 14.3 Å². The van der Waals surface area contributed by atoms with Gasteiger partial charge in [-0.05, 0) is 32.6 Å². The summed E-state index contributed by atoms with van der Waals surface area (Å²) in [6.07, 6.45) is 3.35. The van der Waals surface area contributed by atoms with Gasteiger partial charge in [-0.3, -0.25) is 9.59 Å². The molecule has 0 aliphatic heterocycles. The molecule has 4 nitrogen and oxygen atoms in total. The van der Waals surface area contributed by atoms with Crippen molar-refractivity contribution in [3.63, 3.8) is 0 Å². The van der Waals surface area contributed by atoms with E-state index in [-0.39, 0.29) is 23.6 Å². The lowest BCUT2D eigenvalue weighted by Gasteiger charge is -2.24. The van der Waals surface area contributed by atoms with Gasteiger partial charge >= 0.3 is 5.97 Å². The number of aryl methyl sites for hydroxylation is 2. The molecule has 0 amide bonds. The van der Waals surface area contributed by atoms with Crippen molar-refractivity contribution in [2.75, 3.05) is 0 Å². The number of rotatable bonds is 4. The Balaban J connectivity index is 1.86. The van der Waals surface area contributed by atoms with Gasteiger partial charge < -0.3 is 4.74 Å². The Kier molecular flexibility index (Phi) is 4.72. The van der Waals surface area contributed by atoms with E-state index in [0.717, 1.165) is 46.8 Å². The van der Waals surface area contributed by atoms with Gasteiger partial charge in [-0.2, -0.15) is 0 Å². The monoisotopic (exact) mass is 381 g/mol. The number of ether oxygens (including phenoxy) is 1. The Hall–Kier alpha value is -2.27. The Bertz CT molecular complexity index is 939. The average molecular weight is 381 g/mol. The number of nitrogens with zero attached hydrogens (tertiary/aromatic N) is 1. The molecule has 1 aromatic carbocycles. The Labute approximate surface area is 163 Å². The van der Waals surface area contributed by atoms with Gasteiger partial charge in [-0.1, -0.05) is 36.8 Å². The molecule has 2 bridgehead atoms. The summed E-state index contributed by atoms with van der Waals surface area (Å²) in [5.41, 5.74) is 3.52. The lowest BCUT2D eigenvalue weighted by molar-refractivity contribution is -0.137. The van der Waals surface area contributed by atoms with Crippen LogP contribution in [0.5, 0.6) is 0 Å². The van der Waals surface area contributed by atoms with Crippen molar-refractivity contribution >= 4 is 28.7 Å². The molecule has 0 unspecified atom stereocenters. The predicted octanol–water partition coefficient (Wildman–Crippen LogP) is 4.95. The molecular formula is C22H23NO3S. The number of fused-ring (bicyclic) bond motifs is 2. The summed E-state index contributed by atoms with van der Waals surface area (Å²) in [4.78, 5) is 30.8. The van der Waals surface area contributed by atoms with Crippen LogP contribution in [0.2, 0.25) is 0 Å². The van der Waals surface area contributed by atoms with Crippen LogP contribution in [-0.4, -0.2) is 16.7 Å². The van der Waals surface area contributed by atoms with E-state index in [4.69, 9.17) is 9.72 Å². The highest BCUT2D eigenvalue weighted by atomic mass is 32.1. The minimum absolute atomic E-state index is 0.0403. The number of esters is 1. The third-order valence-electron chi connectivity index (χ3n) is 5.47. The second-order valence-corrected chi connectivity index (χ2v) is 8.50. The first-order valence-corrected chi connectivity index (χ1v) is 10.3. The fourth-order valence-corrected chi connectivity index (χ4v) is 5.13.